The molecule has 5 heteroatoms. The average Bonchev–Trinajstić information content (AvgIpc) is 2.37. The van der Waals surface area contributed by atoms with Crippen molar-refractivity contribution in [1.29, 1.82) is 1.28 Å². The van der Waals surface area contributed by atoms with Crippen molar-refractivity contribution in [2.75, 3.05) is 0 Å². The first-order valence-corrected chi connectivity index (χ1v) is 5.68. The van der Waals surface area contributed by atoms with Crippen LogP contribution in [-0.2, 0) is 23.6 Å². The number of carbonyl (C=O) groups excluding carboxylic acids is 1. The van der Waals surface area contributed by atoms with Gasteiger partial charge in [-0.05, 0) is 51.9 Å². The van der Waals surface area contributed by atoms with Crippen LogP contribution >= 0.6 is 9.18 Å². The van der Waals surface area contributed by atoms with Crippen molar-refractivity contribution in [2.45, 2.75) is 32.7 Å². The van der Waals surface area contributed by atoms with Gasteiger partial charge in [-0.2, -0.15) is 0 Å². The van der Waals surface area contributed by atoms with Crippen LogP contribution < -0.4 is 0 Å². The molecule has 0 fully saturated rings. The molecule has 2 N–H and O–H groups in total. The molecule has 1 unspecified atom stereocenters. The maximum Gasteiger partial charge on any atom is 0.320 e. The van der Waals surface area contributed by atoms with Crippen LogP contribution in [0.4, 0.5) is 4.79 Å². The first-order valence-electron chi connectivity index (χ1n) is 5.68. The van der Waals surface area contributed by atoms with E-state index in [1.807, 2.05) is 0 Å². The van der Waals surface area contributed by atoms with Gasteiger partial charge in [0.1, 0.15) is 5.60 Å². The van der Waals surface area contributed by atoms with Gasteiger partial charge < -0.3 is 14.9 Å². The molecule has 0 aliphatic rings. The molecule has 0 saturated carbocycles. The highest BCUT2D eigenvalue weighted by molar-refractivity contribution is 7.39. The molecule has 17 heavy (non-hydrogen) atoms. The van der Waals surface area contributed by atoms with Gasteiger partial charge in [0.15, 0.2) is 0 Å². The van der Waals surface area contributed by atoms with Crippen LogP contribution in [0.5, 0.6) is 0 Å². The molecule has 0 spiro atoms. The molecule has 1 rings (SSSR count). The molecule has 0 amide bonds. The van der Waals surface area contributed by atoms with Gasteiger partial charge in [-0.1, -0.05) is 6.07 Å². The molecule has 4 nitrogen and oxygen atoms in total. The van der Waals surface area contributed by atoms with E-state index in [2.05, 4.69) is 0 Å². The summed E-state index contributed by atoms with van der Waals surface area (Å²) in [6, 6.07) is 5.13. The molecule has 0 aromatic heterocycles. The molecular formula is C12H17O4P. The standard InChI is InChI=1S/C12H17O4P/c1-12(2,16-11(15)17)10-4-8(6-13)3-9(5-10)7-14/h3-5,13-14H,6-7,17H2,1-2H3/i17D. The molecule has 94 valence electrons. The largest absolute Gasteiger partial charge is 0.452 e. The molecule has 0 saturated heterocycles. The number of benzene rings is 1. The van der Waals surface area contributed by atoms with Crippen LogP contribution in [-0.4, -0.2) is 17.2 Å². The number of carbonyl (C=O) groups is 1. The summed E-state index contributed by atoms with van der Waals surface area (Å²) in [5, 5.41) is 18.3. The van der Waals surface area contributed by atoms with E-state index in [1.165, 1.54) is 0 Å². The quantitative estimate of drug-likeness (QED) is 0.791. The predicted octanol–water partition coefficient (Wildman–Crippen LogP) is 1.92. The molecule has 0 aliphatic carbocycles. The Morgan fingerprint density at radius 3 is 2.29 bits per heavy atom. The fraction of sp³-hybridized carbons (Fsp3) is 0.417. The number of hydrogen-bond acceptors (Lipinski definition) is 4. The van der Waals surface area contributed by atoms with Crippen LogP contribution in [0, 0.1) is 0 Å². The van der Waals surface area contributed by atoms with Gasteiger partial charge in [0.05, 0.1) is 14.5 Å². The van der Waals surface area contributed by atoms with Crippen LogP contribution in [0.1, 0.15) is 30.5 Å². The van der Waals surface area contributed by atoms with Gasteiger partial charge in [-0.3, -0.25) is 0 Å². The summed E-state index contributed by atoms with van der Waals surface area (Å²) in [7, 11) is -0.665. The van der Waals surface area contributed by atoms with Gasteiger partial charge in [0, 0.05) is 0 Å². The zero-order chi connectivity index (χ0) is 13.8. The SMILES string of the molecule is [2H]PC(=O)OC(C)(C)c1cc(CO)cc(CO)c1. The maximum absolute atomic E-state index is 11.2. The molecule has 0 heterocycles. The smallest absolute Gasteiger partial charge is 0.320 e. The summed E-state index contributed by atoms with van der Waals surface area (Å²) in [5.74, 6) is 0. The van der Waals surface area contributed by atoms with Crippen molar-refractivity contribution < 1.29 is 19.7 Å². The second kappa shape index (κ2) is 5.58. The lowest BCUT2D eigenvalue weighted by atomic mass is 9.94. The van der Waals surface area contributed by atoms with Crippen molar-refractivity contribution in [3.05, 3.63) is 34.9 Å². The third-order valence-electron chi connectivity index (χ3n) is 2.46. The molecule has 1 atom stereocenters. The van der Waals surface area contributed by atoms with Gasteiger partial charge in [-0.15, -0.1) is 0 Å². The molecule has 0 aliphatic heterocycles. The first-order chi connectivity index (χ1) is 8.42. The zero-order valence-electron chi connectivity index (χ0n) is 10.9. The monoisotopic (exact) mass is 257 g/mol. The summed E-state index contributed by atoms with van der Waals surface area (Å²) in [5.41, 5.74) is 0.507. The summed E-state index contributed by atoms with van der Waals surface area (Å²) < 4.78 is 12.2. The molecule has 0 radical (unpaired) electrons. The summed E-state index contributed by atoms with van der Waals surface area (Å²) in [6.45, 7) is 3.13. The van der Waals surface area contributed by atoms with Crippen molar-refractivity contribution in [3.63, 3.8) is 0 Å². The summed E-state index contributed by atoms with van der Waals surface area (Å²) in [6.07, 6.45) is 0. The number of hydrogen-bond donors (Lipinski definition) is 2. The van der Waals surface area contributed by atoms with Gasteiger partial charge in [-0.25, -0.2) is 4.79 Å². The minimum absolute atomic E-state index is 0.148. The van der Waals surface area contributed by atoms with E-state index in [1.54, 1.807) is 32.0 Å². The Hall–Kier alpha value is -0.960. The Labute approximate surface area is 104 Å². The van der Waals surface area contributed by atoms with Gasteiger partial charge >= 0.3 is 5.71 Å². The van der Waals surface area contributed by atoms with Gasteiger partial charge in [0.25, 0.3) is 0 Å². The number of rotatable bonds is 5. The Balaban J connectivity index is 3.09. The van der Waals surface area contributed by atoms with Crippen molar-refractivity contribution in [2.24, 2.45) is 0 Å². The third-order valence-corrected chi connectivity index (χ3v) is 2.56. The van der Waals surface area contributed by atoms with E-state index in [-0.39, 0.29) is 13.2 Å². The van der Waals surface area contributed by atoms with Crippen LogP contribution in [0.2, 0.25) is 0 Å². The highest BCUT2D eigenvalue weighted by Gasteiger charge is 2.24. The van der Waals surface area contributed by atoms with E-state index in [0.717, 1.165) is 0 Å². The minimum Gasteiger partial charge on any atom is -0.452 e. The minimum atomic E-state index is -0.889. The Kier molecular flexibility index (Phi) is 4.11. The van der Waals surface area contributed by atoms with Crippen molar-refractivity contribution >= 4 is 14.9 Å². The van der Waals surface area contributed by atoms with Gasteiger partial charge in [0.2, 0.25) is 0 Å². The lowest BCUT2D eigenvalue weighted by Gasteiger charge is -2.26. The number of ether oxygens (including phenoxy) is 1. The topological polar surface area (TPSA) is 66.8 Å². The number of aliphatic hydroxyl groups excluding tert-OH is 2. The van der Waals surface area contributed by atoms with E-state index >= 15 is 0 Å². The highest BCUT2D eigenvalue weighted by Crippen LogP contribution is 2.28. The Morgan fingerprint density at radius 1 is 1.35 bits per heavy atom. The summed E-state index contributed by atoms with van der Waals surface area (Å²) >= 11 is 0. The van der Waals surface area contributed by atoms with Crippen LogP contribution in [0.25, 0.3) is 0 Å². The third kappa shape index (κ3) is 3.77. The Bertz CT molecular complexity index is 412. The first kappa shape index (κ1) is 12.5. The lowest BCUT2D eigenvalue weighted by Crippen LogP contribution is -2.23. The Morgan fingerprint density at radius 2 is 1.88 bits per heavy atom. The molecule has 1 aromatic rings. The van der Waals surface area contributed by atoms with E-state index in [9.17, 15) is 4.79 Å². The second-order valence-corrected chi connectivity index (χ2v) is 4.66. The van der Waals surface area contributed by atoms with E-state index < -0.39 is 20.5 Å². The fourth-order valence-electron chi connectivity index (χ4n) is 1.58. The van der Waals surface area contributed by atoms with E-state index in [0.29, 0.717) is 16.7 Å². The molecule has 1 aromatic carbocycles. The van der Waals surface area contributed by atoms with Crippen molar-refractivity contribution in [1.82, 2.24) is 0 Å². The normalized spacial score (nSPS) is 12.8. The number of aliphatic hydroxyl groups is 2. The predicted molar refractivity (Wildman–Crippen MR) is 67.5 cm³/mol. The average molecular weight is 257 g/mol. The van der Waals surface area contributed by atoms with E-state index in [4.69, 9.17) is 16.2 Å². The second-order valence-electron chi connectivity index (χ2n) is 4.25. The highest BCUT2D eigenvalue weighted by atomic mass is 31.0. The lowest BCUT2D eigenvalue weighted by molar-refractivity contribution is 0.0560. The fourth-order valence-corrected chi connectivity index (χ4v) is 1.84. The van der Waals surface area contributed by atoms with Crippen LogP contribution in [0.3, 0.4) is 0 Å². The molecular weight excluding hydrogens is 239 g/mol. The molecule has 0 bridgehead atoms. The van der Waals surface area contributed by atoms with Crippen molar-refractivity contribution in [3.8, 4) is 0 Å². The zero-order valence-corrected chi connectivity index (χ0v) is 10.9. The summed E-state index contributed by atoms with van der Waals surface area (Å²) in [4.78, 5) is 11.2. The van der Waals surface area contributed by atoms with Crippen LogP contribution in [0.15, 0.2) is 18.2 Å². The maximum atomic E-state index is 11.2.